The number of nitrogens with two attached hydrogens (primary N) is 2. The number of carbonyl (C=O) groups is 2. The van der Waals surface area contributed by atoms with Crippen LogP contribution in [0.1, 0.15) is 98.2 Å². The number of aromatic carboxylic acids is 1. The molecule has 43 heavy (non-hydrogen) atoms. The second kappa shape index (κ2) is 18.3. The van der Waals surface area contributed by atoms with E-state index in [0.29, 0.717) is 35.7 Å². The summed E-state index contributed by atoms with van der Waals surface area (Å²) < 4.78 is 11.3. The molecule has 7 heteroatoms. The van der Waals surface area contributed by atoms with Gasteiger partial charge in [-0.05, 0) is 91.3 Å². The Morgan fingerprint density at radius 1 is 0.767 bits per heavy atom. The van der Waals surface area contributed by atoms with Crippen molar-refractivity contribution < 1.29 is 24.2 Å². The van der Waals surface area contributed by atoms with E-state index in [2.05, 4.69) is 6.92 Å². The molecular weight excluding hydrogens is 540 g/mol. The molecule has 5 N–H and O–H groups in total. The van der Waals surface area contributed by atoms with E-state index >= 15 is 0 Å². The van der Waals surface area contributed by atoms with E-state index in [-0.39, 0.29) is 5.56 Å². The first-order valence-corrected chi connectivity index (χ1v) is 15.5. The van der Waals surface area contributed by atoms with Crippen LogP contribution in [0, 0.1) is 0 Å². The highest BCUT2D eigenvalue weighted by molar-refractivity contribution is 5.92. The van der Waals surface area contributed by atoms with E-state index in [0.717, 1.165) is 56.3 Å². The van der Waals surface area contributed by atoms with Crippen LogP contribution in [0.5, 0.6) is 11.5 Å². The van der Waals surface area contributed by atoms with Crippen molar-refractivity contribution in [3.63, 3.8) is 0 Å². The van der Waals surface area contributed by atoms with Gasteiger partial charge in [0.1, 0.15) is 11.5 Å². The number of anilines is 2. The van der Waals surface area contributed by atoms with Gasteiger partial charge in [0, 0.05) is 17.5 Å². The van der Waals surface area contributed by atoms with Crippen molar-refractivity contribution in [2.75, 3.05) is 18.1 Å². The van der Waals surface area contributed by atoms with Crippen molar-refractivity contribution in [3.05, 3.63) is 89.0 Å². The zero-order valence-electron chi connectivity index (χ0n) is 25.4. The lowest BCUT2D eigenvalue weighted by molar-refractivity contribution is -0.128. The van der Waals surface area contributed by atoms with Crippen LogP contribution >= 0.6 is 0 Å². The monoisotopic (exact) mass is 586 g/mol. The smallest absolute Gasteiger partial charge is 0.336 e. The van der Waals surface area contributed by atoms with Gasteiger partial charge in [0.15, 0.2) is 0 Å². The summed E-state index contributed by atoms with van der Waals surface area (Å²) >= 11 is 0. The van der Waals surface area contributed by atoms with E-state index in [1.807, 2.05) is 48.5 Å². The summed E-state index contributed by atoms with van der Waals surface area (Å²) in [5.74, 6) is -0.0567. The van der Waals surface area contributed by atoms with Crippen LogP contribution in [0.15, 0.2) is 66.7 Å². The lowest BCUT2D eigenvalue weighted by Gasteiger charge is -2.11. The van der Waals surface area contributed by atoms with Crippen molar-refractivity contribution in [3.8, 4) is 11.5 Å². The van der Waals surface area contributed by atoms with Crippen LogP contribution in [-0.2, 0) is 17.6 Å². The van der Waals surface area contributed by atoms with Crippen molar-refractivity contribution in [2.45, 2.75) is 84.0 Å². The number of rotatable bonds is 19. The minimum Gasteiger partial charge on any atom is -0.494 e. The lowest BCUT2D eigenvalue weighted by atomic mass is 9.98. The molecule has 0 aliphatic carbocycles. The topological polar surface area (TPSA) is 125 Å². The number of nitrogen functional groups attached to an aromatic ring is 2. The van der Waals surface area contributed by atoms with Gasteiger partial charge in [-0.1, -0.05) is 76.1 Å². The molecule has 0 amide bonds. The lowest BCUT2D eigenvalue weighted by Crippen LogP contribution is -2.07. The molecule has 0 heterocycles. The molecule has 230 valence electrons. The number of benzene rings is 3. The van der Waals surface area contributed by atoms with Crippen molar-refractivity contribution in [1.29, 1.82) is 0 Å². The van der Waals surface area contributed by atoms with Gasteiger partial charge in [0.25, 0.3) is 0 Å². The number of aryl methyl sites for hydroxylation is 1. The molecule has 0 saturated heterocycles. The molecule has 3 rings (SSSR count). The van der Waals surface area contributed by atoms with Gasteiger partial charge < -0.3 is 26.0 Å². The Labute approximate surface area is 255 Å². The largest absolute Gasteiger partial charge is 0.494 e. The predicted molar refractivity (Wildman–Crippen MR) is 175 cm³/mol. The number of carbonyl (C=O) groups excluding carboxylic acids is 1. The Kier molecular flexibility index (Phi) is 14.2. The Bertz CT molecular complexity index is 1320. The zero-order valence-corrected chi connectivity index (χ0v) is 25.4. The van der Waals surface area contributed by atoms with Crippen molar-refractivity contribution in [2.24, 2.45) is 0 Å². The van der Waals surface area contributed by atoms with Crippen molar-refractivity contribution in [1.82, 2.24) is 0 Å². The van der Waals surface area contributed by atoms with Gasteiger partial charge in [0.2, 0.25) is 0 Å². The average molecular weight is 587 g/mol. The number of hydrogen-bond acceptors (Lipinski definition) is 6. The third kappa shape index (κ3) is 12.2. The van der Waals surface area contributed by atoms with Crippen LogP contribution in [0.2, 0.25) is 0 Å². The summed E-state index contributed by atoms with van der Waals surface area (Å²) in [7, 11) is 0. The van der Waals surface area contributed by atoms with E-state index in [1.54, 1.807) is 12.1 Å². The van der Waals surface area contributed by atoms with E-state index in [9.17, 15) is 14.7 Å². The summed E-state index contributed by atoms with van der Waals surface area (Å²) in [6, 6.07) is 18.5. The second-order valence-electron chi connectivity index (χ2n) is 10.9. The molecule has 0 spiro atoms. The maximum atomic E-state index is 12.2. The highest BCUT2D eigenvalue weighted by Crippen LogP contribution is 2.24. The van der Waals surface area contributed by atoms with Crippen LogP contribution < -0.4 is 20.9 Å². The van der Waals surface area contributed by atoms with Gasteiger partial charge in [0.05, 0.1) is 12.2 Å². The van der Waals surface area contributed by atoms with Crippen LogP contribution in [0.3, 0.4) is 0 Å². The minimum absolute atomic E-state index is 0.200. The summed E-state index contributed by atoms with van der Waals surface area (Å²) in [5, 5.41) is 9.41. The molecule has 0 aliphatic rings. The molecular formula is C36H46N2O5. The maximum Gasteiger partial charge on any atom is 0.336 e. The number of unbranched alkanes of at least 4 members (excludes halogenated alkanes) is 8. The average Bonchev–Trinajstić information content (AvgIpc) is 2.99. The minimum atomic E-state index is -0.995. The van der Waals surface area contributed by atoms with Gasteiger partial charge in [-0.3, -0.25) is 0 Å². The fourth-order valence-electron chi connectivity index (χ4n) is 4.96. The fourth-order valence-corrected chi connectivity index (χ4v) is 4.96. The molecule has 3 aromatic carbocycles. The SMILES string of the molecule is CCCCCCc1ccc(OC(=O)/C=C/c2ccc(OCCCCCCCCc3c(N)cc(N)cc3C(=O)O)cc2)cc1. The molecule has 0 fully saturated rings. The number of carboxylic acids is 1. The molecule has 7 nitrogen and oxygen atoms in total. The number of carboxylic acid groups (broad SMARTS) is 1. The van der Waals surface area contributed by atoms with Gasteiger partial charge >= 0.3 is 11.9 Å². The summed E-state index contributed by atoms with van der Waals surface area (Å²) in [6.07, 6.45) is 15.9. The normalized spacial score (nSPS) is 11.1. The molecule has 0 saturated carbocycles. The first-order chi connectivity index (χ1) is 20.9. The highest BCUT2D eigenvalue weighted by Gasteiger charge is 2.14. The van der Waals surface area contributed by atoms with Crippen LogP contribution in [-0.4, -0.2) is 23.7 Å². The van der Waals surface area contributed by atoms with Gasteiger partial charge in [-0.2, -0.15) is 0 Å². The third-order valence-corrected chi connectivity index (χ3v) is 7.38. The molecule has 0 radical (unpaired) electrons. The molecule has 0 aliphatic heterocycles. The summed E-state index contributed by atoms with van der Waals surface area (Å²) in [4.78, 5) is 23.7. The highest BCUT2D eigenvalue weighted by atomic mass is 16.5. The fraction of sp³-hybridized carbons (Fsp3) is 0.389. The Morgan fingerprint density at radius 2 is 1.40 bits per heavy atom. The van der Waals surface area contributed by atoms with E-state index in [4.69, 9.17) is 20.9 Å². The van der Waals surface area contributed by atoms with E-state index < -0.39 is 11.9 Å². The predicted octanol–water partition coefficient (Wildman–Crippen LogP) is 8.25. The van der Waals surface area contributed by atoms with Crippen LogP contribution in [0.4, 0.5) is 11.4 Å². The zero-order chi connectivity index (χ0) is 30.9. The standard InChI is InChI=1S/C36H46N2O5/c1-2-3-4-9-12-27-16-21-31(22-17-27)43-35(39)23-18-28-14-19-30(20-15-28)42-24-11-8-6-5-7-10-13-32-33(36(40)41)25-29(37)26-34(32)38/h14-23,25-26H,2-13,24,37-38H2,1H3,(H,40,41)/b23-18+. The molecule has 3 aromatic rings. The van der Waals surface area contributed by atoms with Crippen molar-refractivity contribution >= 4 is 29.4 Å². The molecule has 0 atom stereocenters. The number of hydrogen-bond donors (Lipinski definition) is 3. The summed E-state index contributed by atoms with van der Waals surface area (Å²) in [5.41, 5.74) is 15.6. The first kappa shape index (κ1) is 33.2. The van der Waals surface area contributed by atoms with E-state index in [1.165, 1.54) is 43.4 Å². The quantitative estimate of drug-likeness (QED) is 0.0424. The second-order valence-corrected chi connectivity index (χ2v) is 10.9. The Morgan fingerprint density at radius 3 is 2.09 bits per heavy atom. The van der Waals surface area contributed by atoms with Gasteiger partial charge in [-0.15, -0.1) is 0 Å². The number of esters is 1. The Hall–Kier alpha value is -4.26. The first-order valence-electron chi connectivity index (χ1n) is 15.5. The van der Waals surface area contributed by atoms with Gasteiger partial charge in [-0.25, -0.2) is 9.59 Å². The molecule has 0 unspecified atom stereocenters. The van der Waals surface area contributed by atoms with Crippen LogP contribution in [0.25, 0.3) is 6.08 Å². The molecule has 0 bridgehead atoms. The molecule has 0 aromatic heterocycles. The third-order valence-electron chi connectivity index (χ3n) is 7.38. The number of ether oxygens (including phenoxy) is 2. The Balaban J connectivity index is 1.27. The maximum absolute atomic E-state index is 12.2. The summed E-state index contributed by atoms with van der Waals surface area (Å²) in [6.45, 7) is 2.85.